The van der Waals surface area contributed by atoms with Crippen molar-refractivity contribution in [3.63, 3.8) is 0 Å². The number of thiophene rings is 1. The van der Waals surface area contributed by atoms with E-state index in [1.54, 1.807) is 18.4 Å². The number of aliphatic hydroxyl groups excluding tert-OH is 1. The van der Waals surface area contributed by atoms with Gasteiger partial charge in [-0.2, -0.15) is 0 Å². The van der Waals surface area contributed by atoms with Gasteiger partial charge in [0, 0.05) is 18.3 Å². The fraction of sp³-hybridized carbons (Fsp3) is 0.286. The number of hydrogen-bond acceptors (Lipinski definition) is 5. The van der Waals surface area contributed by atoms with Crippen LogP contribution in [0, 0.1) is 0 Å². The summed E-state index contributed by atoms with van der Waals surface area (Å²) >= 11 is 5.11. The van der Waals surface area contributed by atoms with E-state index in [9.17, 15) is 0 Å². The maximum Gasteiger partial charge on any atom is 0.163 e. The summed E-state index contributed by atoms with van der Waals surface area (Å²) in [6, 6.07) is 7.74. The Balaban J connectivity index is 2.03. The molecule has 1 aromatic carbocycles. The van der Waals surface area contributed by atoms with Crippen LogP contribution < -0.4 is 14.8 Å². The van der Waals surface area contributed by atoms with E-state index >= 15 is 0 Å². The SMILES string of the molecule is COc1ccc(NCc2csc(Br)c2)cc1OCCO. The van der Waals surface area contributed by atoms with E-state index in [4.69, 9.17) is 14.6 Å². The summed E-state index contributed by atoms with van der Waals surface area (Å²) in [6.45, 7) is 0.967. The Hall–Kier alpha value is -1.24. The first kappa shape index (κ1) is 15.2. The molecule has 0 spiro atoms. The first-order valence-corrected chi connectivity index (χ1v) is 7.78. The van der Waals surface area contributed by atoms with Gasteiger partial charge in [0.15, 0.2) is 11.5 Å². The van der Waals surface area contributed by atoms with E-state index in [1.807, 2.05) is 18.2 Å². The Morgan fingerprint density at radius 1 is 1.30 bits per heavy atom. The number of aliphatic hydroxyl groups is 1. The zero-order valence-corrected chi connectivity index (χ0v) is 13.5. The van der Waals surface area contributed by atoms with Gasteiger partial charge in [-0.25, -0.2) is 0 Å². The van der Waals surface area contributed by atoms with Crippen molar-refractivity contribution in [3.05, 3.63) is 39.0 Å². The second-order valence-corrected chi connectivity index (χ2v) is 6.34. The van der Waals surface area contributed by atoms with Gasteiger partial charge < -0.3 is 19.9 Å². The Morgan fingerprint density at radius 3 is 2.80 bits per heavy atom. The lowest BCUT2D eigenvalue weighted by Crippen LogP contribution is -2.04. The van der Waals surface area contributed by atoms with Crippen LogP contribution in [0.25, 0.3) is 0 Å². The molecule has 108 valence electrons. The Morgan fingerprint density at radius 2 is 2.15 bits per heavy atom. The van der Waals surface area contributed by atoms with Gasteiger partial charge in [0.1, 0.15) is 6.61 Å². The number of benzene rings is 1. The number of ether oxygens (including phenoxy) is 2. The quantitative estimate of drug-likeness (QED) is 0.796. The van der Waals surface area contributed by atoms with E-state index < -0.39 is 0 Å². The van der Waals surface area contributed by atoms with Crippen molar-refractivity contribution >= 4 is 33.0 Å². The summed E-state index contributed by atoms with van der Waals surface area (Å²) in [6.07, 6.45) is 0. The zero-order chi connectivity index (χ0) is 14.4. The number of rotatable bonds is 7. The van der Waals surface area contributed by atoms with Gasteiger partial charge in [-0.15, -0.1) is 11.3 Å². The maximum atomic E-state index is 8.83. The van der Waals surface area contributed by atoms with E-state index in [1.165, 1.54) is 5.56 Å². The highest BCUT2D eigenvalue weighted by Gasteiger charge is 2.06. The fourth-order valence-electron chi connectivity index (χ4n) is 1.70. The average Bonchev–Trinajstić information content (AvgIpc) is 2.88. The van der Waals surface area contributed by atoms with Crippen LogP contribution in [0.2, 0.25) is 0 Å². The smallest absolute Gasteiger partial charge is 0.163 e. The topological polar surface area (TPSA) is 50.7 Å². The monoisotopic (exact) mass is 357 g/mol. The molecule has 6 heteroatoms. The molecule has 0 fully saturated rings. The molecule has 20 heavy (non-hydrogen) atoms. The molecule has 1 aromatic heterocycles. The third-order valence-corrected chi connectivity index (χ3v) is 4.18. The Bertz CT molecular complexity index is 559. The molecular weight excluding hydrogens is 342 g/mol. The zero-order valence-electron chi connectivity index (χ0n) is 11.1. The number of nitrogens with one attached hydrogen (secondary N) is 1. The molecular formula is C14H16BrNO3S. The molecule has 0 aliphatic carbocycles. The lowest BCUT2D eigenvalue weighted by Gasteiger charge is -2.12. The highest BCUT2D eigenvalue weighted by molar-refractivity contribution is 9.11. The third-order valence-electron chi connectivity index (χ3n) is 2.63. The molecule has 1 heterocycles. The van der Waals surface area contributed by atoms with E-state index in [0.717, 1.165) is 16.0 Å². The molecule has 4 nitrogen and oxygen atoms in total. The van der Waals surface area contributed by atoms with Gasteiger partial charge in [0.25, 0.3) is 0 Å². The molecule has 0 aliphatic heterocycles. The minimum Gasteiger partial charge on any atom is -0.493 e. The number of hydrogen-bond donors (Lipinski definition) is 2. The second kappa shape index (κ2) is 7.52. The van der Waals surface area contributed by atoms with Crippen molar-refractivity contribution in [2.45, 2.75) is 6.54 Å². The molecule has 2 N–H and O–H groups in total. The maximum absolute atomic E-state index is 8.83. The molecule has 0 unspecified atom stereocenters. The minimum absolute atomic E-state index is 0.0241. The van der Waals surface area contributed by atoms with Crippen molar-refractivity contribution < 1.29 is 14.6 Å². The number of methoxy groups -OCH3 is 1. The predicted molar refractivity (Wildman–Crippen MR) is 84.9 cm³/mol. The van der Waals surface area contributed by atoms with Crippen molar-refractivity contribution in [1.29, 1.82) is 0 Å². The van der Waals surface area contributed by atoms with E-state index in [-0.39, 0.29) is 13.2 Å². The van der Waals surface area contributed by atoms with Crippen LogP contribution in [0.4, 0.5) is 5.69 Å². The van der Waals surface area contributed by atoms with Crippen LogP contribution >= 0.6 is 27.3 Å². The van der Waals surface area contributed by atoms with E-state index in [2.05, 4.69) is 32.7 Å². The molecule has 0 saturated heterocycles. The van der Waals surface area contributed by atoms with Gasteiger partial charge in [0.05, 0.1) is 17.5 Å². The fourth-order valence-corrected chi connectivity index (χ4v) is 2.91. The summed E-state index contributed by atoms with van der Waals surface area (Å²) < 4.78 is 11.8. The number of halogens is 1. The lowest BCUT2D eigenvalue weighted by atomic mass is 10.2. The summed E-state index contributed by atoms with van der Waals surface area (Å²) in [4.78, 5) is 0. The van der Waals surface area contributed by atoms with Crippen LogP contribution in [0.1, 0.15) is 5.56 Å². The first-order valence-electron chi connectivity index (χ1n) is 6.11. The molecule has 0 amide bonds. The third kappa shape index (κ3) is 4.13. The van der Waals surface area contributed by atoms with Gasteiger partial charge >= 0.3 is 0 Å². The largest absolute Gasteiger partial charge is 0.493 e. The van der Waals surface area contributed by atoms with Crippen molar-refractivity contribution in [2.75, 3.05) is 25.6 Å². The van der Waals surface area contributed by atoms with Gasteiger partial charge in [0.2, 0.25) is 0 Å². The lowest BCUT2D eigenvalue weighted by molar-refractivity contribution is 0.196. The van der Waals surface area contributed by atoms with Crippen LogP contribution in [0.3, 0.4) is 0 Å². The van der Waals surface area contributed by atoms with Gasteiger partial charge in [-0.1, -0.05) is 0 Å². The molecule has 0 radical (unpaired) electrons. The molecule has 0 aliphatic rings. The van der Waals surface area contributed by atoms with Crippen LogP contribution in [-0.2, 0) is 6.54 Å². The van der Waals surface area contributed by atoms with Crippen LogP contribution in [0.15, 0.2) is 33.4 Å². The second-order valence-electron chi connectivity index (χ2n) is 4.05. The van der Waals surface area contributed by atoms with Crippen LogP contribution in [-0.4, -0.2) is 25.4 Å². The van der Waals surface area contributed by atoms with Crippen molar-refractivity contribution in [2.24, 2.45) is 0 Å². The normalized spacial score (nSPS) is 10.3. The van der Waals surface area contributed by atoms with Crippen molar-refractivity contribution in [3.8, 4) is 11.5 Å². The number of anilines is 1. The van der Waals surface area contributed by atoms with Gasteiger partial charge in [-0.05, 0) is 45.1 Å². The highest BCUT2D eigenvalue weighted by atomic mass is 79.9. The summed E-state index contributed by atoms with van der Waals surface area (Å²) in [5.41, 5.74) is 2.16. The molecule has 2 aromatic rings. The highest BCUT2D eigenvalue weighted by Crippen LogP contribution is 2.30. The molecule has 0 saturated carbocycles. The average molecular weight is 358 g/mol. The Kier molecular flexibility index (Phi) is 5.70. The minimum atomic E-state index is -0.0241. The summed E-state index contributed by atoms with van der Waals surface area (Å²) in [5.74, 6) is 1.28. The summed E-state index contributed by atoms with van der Waals surface area (Å²) in [7, 11) is 1.59. The van der Waals surface area contributed by atoms with Crippen LogP contribution in [0.5, 0.6) is 11.5 Å². The molecule has 0 atom stereocenters. The molecule has 0 bridgehead atoms. The standard InChI is InChI=1S/C14H16BrNO3S/c1-18-12-3-2-11(7-13(12)19-5-4-17)16-8-10-6-14(15)20-9-10/h2-3,6-7,9,16-17H,4-5,8H2,1H3. The van der Waals surface area contributed by atoms with Gasteiger partial charge in [-0.3, -0.25) is 0 Å². The predicted octanol–water partition coefficient (Wildman–Crippen LogP) is 3.50. The molecule has 2 rings (SSSR count). The Labute approximate surface area is 130 Å². The first-order chi connectivity index (χ1) is 9.72. The van der Waals surface area contributed by atoms with E-state index in [0.29, 0.717) is 11.5 Å². The van der Waals surface area contributed by atoms with Crippen molar-refractivity contribution in [1.82, 2.24) is 0 Å². The summed E-state index contributed by atoms with van der Waals surface area (Å²) in [5, 5.41) is 14.3.